The highest BCUT2D eigenvalue weighted by atomic mass is 16.7. The van der Waals surface area contributed by atoms with E-state index in [2.05, 4.69) is 0 Å². The van der Waals surface area contributed by atoms with Crippen molar-refractivity contribution in [2.75, 3.05) is 0 Å². The van der Waals surface area contributed by atoms with Crippen LogP contribution in [-0.4, -0.2) is 15.7 Å². The van der Waals surface area contributed by atoms with Crippen LogP contribution >= 0.6 is 0 Å². The number of quaternary nitrogens is 1. The highest BCUT2D eigenvalue weighted by Gasteiger charge is 2.30. The maximum absolute atomic E-state index is 10.7. The van der Waals surface area contributed by atoms with Crippen LogP contribution in [0.15, 0.2) is 11.5 Å². The Kier molecular flexibility index (Phi) is 1.38. The van der Waals surface area contributed by atoms with E-state index >= 15 is 0 Å². The van der Waals surface area contributed by atoms with Crippen LogP contribution in [0.25, 0.3) is 0 Å². The fourth-order valence-corrected chi connectivity index (χ4v) is 0.773. The van der Waals surface area contributed by atoms with Gasteiger partial charge in [0.2, 0.25) is 5.70 Å². The predicted molar refractivity (Wildman–Crippen MR) is 34.0 cm³/mol. The lowest BCUT2D eigenvalue weighted by Gasteiger charge is -2.12. The minimum atomic E-state index is -0.671. The molecular weight excluding hydrogens is 136 g/mol. The van der Waals surface area contributed by atoms with E-state index in [4.69, 9.17) is 5.11 Å². The summed E-state index contributed by atoms with van der Waals surface area (Å²) >= 11 is 0. The molecule has 0 saturated carbocycles. The monoisotopic (exact) mass is 144 g/mol. The molecule has 0 radical (unpaired) electrons. The van der Waals surface area contributed by atoms with Gasteiger partial charge in [0.15, 0.2) is 0 Å². The number of rotatable bonds is 0. The van der Waals surface area contributed by atoms with Crippen LogP contribution in [0, 0.1) is 10.4 Å². The van der Waals surface area contributed by atoms with Crippen molar-refractivity contribution >= 4 is 5.71 Å². The zero-order valence-electron chi connectivity index (χ0n) is 5.71. The molecule has 2 N–H and O–H groups in total. The molecule has 1 unspecified atom stereocenters. The second-order valence-corrected chi connectivity index (χ2v) is 2.16. The first-order valence-electron chi connectivity index (χ1n) is 2.81. The highest BCUT2D eigenvalue weighted by Crippen LogP contribution is 2.00. The third kappa shape index (κ3) is 0.680. The molecule has 1 rings (SSSR count). The molecule has 5 heteroatoms. The Morgan fingerprint density at radius 3 is 2.10 bits per heavy atom. The minimum Gasteiger partial charge on any atom is -0.570 e. The van der Waals surface area contributed by atoms with Crippen LogP contribution in [0.2, 0.25) is 0 Å². The lowest BCUT2D eigenvalue weighted by molar-refractivity contribution is -1.26. The van der Waals surface area contributed by atoms with Crippen molar-refractivity contribution < 1.29 is 15.1 Å². The van der Waals surface area contributed by atoms with Crippen molar-refractivity contribution in [1.82, 2.24) is 0 Å². The van der Waals surface area contributed by atoms with Gasteiger partial charge in [0.1, 0.15) is 0 Å². The summed E-state index contributed by atoms with van der Waals surface area (Å²) in [6, 6.07) is 0. The fraction of sp³-hybridized carbons (Fsp3) is 0.400. The molecule has 1 atom stereocenters. The summed E-state index contributed by atoms with van der Waals surface area (Å²) in [6.45, 7) is 2.82. The van der Waals surface area contributed by atoms with E-state index in [1.165, 1.54) is 13.8 Å². The first-order valence-corrected chi connectivity index (χ1v) is 2.81. The van der Waals surface area contributed by atoms with E-state index in [1.54, 1.807) is 0 Å². The summed E-state index contributed by atoms with van der Waals surface area (Å²) in [4.78, 5) is 0.185. The quantitative estimate of drug-likeness (QED) is 0.340. The Hall–Kier alpha value is -1.07. The summed E-state index contributed by atoms with van der Waals surface area (Å²) in [6.07, 6.45) is 0. The van der Waals surface area contributed by atoms with E-state index in [0.717, 1.165) is 0 Å². The van der Waals surface area contributed by atoms with E-state index < -0.39 is 5.17 Å². The van der Waals surface area contributed by atoms with Crippen LogP contribution in [0.4, 0.5) is 0 Å². The molecule has 1 heterocycles. The Morgan fingerprint density at radius 2 is 2.00 bits per heavy atom. The summed E-state index contributed by atoms with van der Waals surface area (Å²) in [5, 5.41) is 29.7. The van der Waals surface area contributed by atoms with Crippen LogP contribution < -0.4 is 5.17 Å². The van der Waals surface area contributed by atoms with Crippen molar-refractivity contribution in [3.05, 3.63) is 21.9 Å². The van der Waals surface area contributed by atoms with Gasteiger partial charge in [0.05, 0.1) is 0 Å². The van der Waals surface area contributed by atoms with Gasteiger partial charge in [-0.05, 0) is 4.85 Å². The lowest BCUT2D eigenvalue weighted by atomic mass is 10.3. The number of hydrogen-bond donors (Lipinski definition) is 2. The van der Waals surface area contributed by atoms with Crippen molar-refractivity contribution in [3.8, 4) is 0 Å². The van der Waals surface area contributed by atoms with Gasteiger partial charge in [0.25, 0.3) is 11.5 Å². The molecule has 10 heavy (non-hydrogen) atoms. The zero-order chi connectivity index (χ0) is 7.89. The molecule has 0 amide bonds. The number of hydroxylamine groups is 1. The van der Waals surface area contributed by atoms with Crippen LogP contribution in [0.1, 0.15) is 13.8 Å². The van der Waals surface area contributed by atoms with Gasteiger partial charge in [-0.2, -0.15) is 0 Å². The van der Waals surface area contributed by atoms with Gasteiger partial charge >= 0.3 is 0 Å². The van der Waals surface area contributed by atoms with Gasteiger partial charge in [-0.15, -0.1) is 0 Å². The zero-order valence-corrected chi connectivity index (χ0v) is 5.71. The number of aliphatic hydroxyl groups is 1. The molecule has 5 nitrogen and oxygen atoms in total. The molecule has 0 spiro atoms. The standard InChI is InChI=1S/C5H8N2O3/c1-3-5(8)4(2)7(10)6(3)9/h6,8H,1-2H3. The third-order valence-corrected chi connectivity index (χ3v) is 1.51. The molecular formula is C5H8N2O3. The molecule has 0 aromatic carbocycles. The minimum absolute atomic E-state index is 0.0718. The molecule has 0 fully saturated rings. The maximum Gasteiger partial charge on any atom is 0.296 e. The molecule has 0 saturated heterocycles. The number of aliphatic hydroxyl groups excluding tert-OH is 1. The number of nitrogens with one attached hydrogen (secondary N) is 1. The van der Waals surface area contributed by atoms with Crippen molar-refractivity contribution in [1.29, 1.82) is 0 Å². The predicted octanol–water partition coefficient (Wildman–Crippen LogP) is -0.942. The van der Waals surface area contributed by atoms with Crippen LogP contribution in [0.5, 0.6) is 0 Å². The average molecular weight is 144 g/mol. The smallest absolute Gasteiger partial charge is 0.296 e. The molecule has 1 aliphatic heterocycles. The molecule has 0 aliphatic carbocycles. The maximum atomic E-state index is 10.7. The highest BCUT2D eigenvalue weighted by molar-refractivity contribution is 5.92. The van der Waals surface area contributed by atoms with Gasteiger partial charge in [-0.3, -0.25) is 0 Å². The van der Waals surface area contributed by atoms with E-state index in [1.807, 2.05) is 0 Å². The van der Waals surface area contributed by atoms with Crippen LogP contribution in [0.3, 0.4) is 0 Å². The number of hydrogen-bond acceptors (Lipinski definition) is 3. The number of allylic oxidation sites excluding steroid dienone is 2. The topological polar surface area (TPSA) is 73.8 Å². The first kappa shape index (κ1) is 7.04. The van der Waals surface area contributed by atoms with E-state index in [-0.39, 0.29) is 22.0 Å². The van der Waals surface area contributed by atoms with Gasteiger partial charge in [0, 0.05) is 13.8 Å². The summed E-state index contributed by atoms with van der Waals surface area (Å²) < 4.78 is 0. The summed E-state index contributed by atoms with van der Waals surface area (Å²) in [5.41, 5.74) is 0.190. The molecule has 1 aliphatic rings. The fourth-order valence-electron chi connectivity index (χ4n) is 0.773. The largest absolute Gasteiger partial charge is 0.570 e. The lowest BCUT2D eigenvalue weighted by Crippen LogP contribution is -3.07. The van der Waals surface area contributed by atoms with Crippen LogP contribution in [-0.2, 0) is 0 Å². The Morgan fingerprint density at radius 1 is 1.50 bits per heavy atom. The molecule has 0 aromatic heterocycles. The van der Waals surface area contributed by atoms with E-state index in [0.29, 0.717) is 0 Å². The molecule has 0 bridgehead atoms. The second kappa shape index (κ2) is 1.96. The molecule has 0 aromatic rings. The third-order valence-electron chi connectivity index (χ3n) is 1.51. The van der Waals surface area contributed by atoms with Crippen molar-refractivity contribution in [3.63, 3.8) is 0 Å². The van der Waals surface area contributed by atoms with Gasteiger partial charge in [-0.25, -0.2) is 0 Å². The Labute approximate surface area is 57.6 Å². The Balaban J connectivity index is 3.09. The Bertz CT molecular complexity index is 207. The average Bonchev–Trinajstić information content (AvgIpc) is 2.07. The summed E-state index contributed by atoms with van der Waals surface area (Å²) in [5.74, 6) is -0.194. The second-order valence-electron chi connectivity index (χ2n) is 2.16. The van der Waals surface area contributed by atoms with Crippen molar-refractivity contribution in [2.24, 2.45) is 0 Å². The normalized spacial score (nSPS) is 26.5. The molecule has 56 valence electrons. The first-order chi connectivity index (χ1) is 4.55. The van der Waals surface area contributed by atoms with Gasteiger partial charge < -0.3 is 15.5 Å². The van der Waals surface area contributed by atoms with Gasteiger partial charge in [-0.1, -0.05) is 5.17 Å². The van der Waals surface area contributed by atoms with Crippen molar-refractivity contribution in [2.45, 2.75) is 13.8 Å². The SMILES string of the molecule is CC1=C(O)C(C)=[N+]([O-])[NH+]1[O-]. The number of nitrogens with zero attached hydrogens (tertiary/aromatic N) is 1. The van der Waals surface area contributed by atoms with E-state index in [9.17, 15) is 10.4 Å². The summed E-state index contributed by atoms with van der Waals surface area (Å²) in [7, 11) is 0.